The average Bonchev–Trinajstić information content (AvgIpc) is 2.87. The Labute approximate surface area is 96.4 Å². The molecule has 16 heavy (non-hydrogen) atoms. The molecule has 0 heterocycles. The van der Waals surface area contributed by atoms with Gasteiger partial charge in [0.25, 0.3) is 0 Å². The predicted octanol–water partition coefficient (Wildman–Crippen LogP) is 3.66. The highest BCUT2D eigenvalue weighted by Gasteiger charge is 2.41. The maximum atomic E-state index is 8.79. The van der Waals surface area contributed by atoms with Gasteiger partial charge in [-0.15, -0.1) is 0 Å². The van der Waals surface area contributed by atoms with Gasteiger partial charge in [-0.25, -0.2) is 0 Å². The van der Waals surface area contributed by atoms with Crippen LogP contribution in [0.4, 0.5) is 0 Å². The lowest BCUT2D eigenvalue weighted by molar-refractivity contribution is 0.505. The van der Waals surface area contributed by atoms with Gasteiger partial charge in [0, 0.05) is 11.8 Å². The molecule has 1 heteroatoms. The zero-order valence-corrected chi connectivity index (χ0v) is 9.32. The fourth-order valence-corrected chi connectivity index (χ4v) is 3.32. The van der Waals surface area contributed by atoms with Gasteiger partial charge in [-0.3, -0.25) is 0 Å². The third kappa shape index (κ3) is 1.30. The number of hydrogen-bond acceptors (Lipinski definition) is 1. The monoisotopic (exact) mass is 209 g/mol. The molecule has 0 radical (unpaired) electrons. The van der Waals surface area contributed by atoms with E-state index in [4.69, 9.17) is 5.26 Å². The van der Waals surface area contributed by atoms with Crippen LogP contribution in [0.3, 0.4) is 0 Å². The van der Waals surface area contributed by atoms with E-state index in [-0.39, 0.29) is 5.41 Å². The van der Waals surface area contributed by atoms with E-state index in [0.29, 0.717) is 5.92 Å². The lowest BCUT2D eigenvalue weighted by Crippen LogP contribution is -2.17. The highest BCUT2D eigenvalue weighted by atomic mass is 14.4. The van der Waals surface area contributed by atoms with E-state index in [1.165, 1.54) is 24.0 Å². The zero-order chi connectivity index (χ0) is 11.0. The molecule has 2 aliphatic carbocycles. The standard InChI is InChI=1S/C15H15N/c16-10-7-12-5-8-15(11-12)9-6-13-3-1-2-4-14(13)15/h1-4,6,9,12H,5,7-8,11H2. The molecule has 1 aromatic carbocycles. The van der Waals surface area contributed by atoms with Gasteiger partial charge < -0.3 is 0 Å². The Kier molecular flexibility index (Phi) is 2.11. The molecule has 1 aromatic rings. The van der Waals surface area contributed by atoms with Crippen LogP contribution in [0.15, 0.2) is 30.3 Å². The van der Waals surface area contributed by atoms with E-state index in [0.717, 1.165) is 12.8 Å². The summed E-state index contributed by atoms with van der Waals surface area (Å²) in [5, 5.41) is 8.79. The summed E-state index contributed by atoms with van der Waals surface area (Å²) in [7, 11) is 0. The second-order valence-electron chi connectivity index (χ2n) is 5.05. The molecule has 0 aromatic heterocycles. The molecular weight excluding hydrogens is 194 g/mol. The van der Waals surface area contributed by atoms with E-state index < -0.39 is 0 Å². The van der Waals surface area contributed by atoms with Crippen molar-refractivity contribution in [2.45, 2.75) is 31.1 Å². The molecule has 1 spiro atoms. The van der Waals surface area contributed by atoms with E-state index in [1.54, 1.807) is 0 Å². The summed E-state index contributed by atoms with van der Waals surface area (Å²) in [6.45, 7) is 0. The van der Waals surface area contributed by atoms with Crippen molar-refractivity contribution in [2.24, 2.45) is 5.92 Å². The fraction of sp³-hybridized carbons (Fsp3) is 0.400. The molecule has 0 saturated heterocycles. The van der Waals surface area contributed by atoms with Crippen LogP contribution >= 0.6 is 0 Å². The number of benzene rings is 1. The number of nitriles is 1. The van der Waals surface area contributed by atoms with Crippen molar-refractivity contribution in [3.05, 3.63) is 41.5 Å². The topological polar surface area (TPSA) is 23.8 Å². The summed E-state index contributed by atoms with van der Waals surface area (Å²) < 4.78 is 0. The van der Waals surface area contributed by atoms with Gasteiger partial charge in [0.1, 0.15) is 0 Å². The summed E-state index contributed by atoms with van der Waals surface area (Å²) in [5.41, 5.74) is 3.12. The van der Waals surface area contributed by atoms with Gasteiger partial charge >= 0.3 is 0 Å². The van der Waals surface area contributed by atoms with Crippen LogP contribution in [0.25, 0.3) is 6.08 Å². The van der Waals surface area contributed by atoms with E-state index >= 15 is 0 Å². The van der Waals surface area contributed by atoms with Crippen LogP contribution in [0.2, 0.25) is 0 Å². The first-order valence-corrected chi connectivity index (χ1v) is 6.00. The first-order valence-electron chi connectivity index (χ1n) is 6.00. The van der Waals surface area contributed by atoms with Gasteiger partial charge in [-0.2, -0.15) is 5.26 Å². The Morgan fingerprint density at radius 1 is 1.38 bits per heavy atom. The minimum absolute atomic E-state index is 0.262. The molecule has 1 fully saturated rings. The van der Waals surface area contributed by atoms with Gasteiger partial charge in [-0.1, -0.05) is 36.4 Å². The Bertz CT molecular complexity index is 480. The van der Waals surface area contributed by atoms with Crippen LogP contribution in [0.1, 0.15) is 36.8 Å². The Balaban J connectivity index is 1.93. The van der Waals surface area contributed by atoms with Crippen LogP contribution in [0, 0.1) is 17.2 Å². The Morgan fingerprint density at radius 3 is 3.12 bits per heavy atom. The SMILES string of the molecule is N#CCC1CCC2(C=Cc3ccccc32)C1. The van der Waals surface area contributed by atoms with Gasteiger partial charge in [0.05, 0.1) is 6.07 Å². The van der Waals surface area contributed by atoms with Crippen molar-refractivity contribution in [1.29, 1.82) is 5.26 Å². The van der Waals surface area contributed by atoms with Crippen molar-refractivity contribution in [3.8, 4) is 6.07 Å². The molecule has 1 saturated carbocycles. The maximum absolute atomic E-state index is 8.79. The number of allylic oxidation sites excluding steroid dienone is 1. The molecule has 0 amide bonds. The number of hydrogen-bond donors (Lipinski definition) is 0. The van der Waals surface area contributed by atoms with Gasteiger partial charge in [0.2, 0.25) is 0 Å². The minimum atomic E-state index is 0.262. The summed E-state index contributed by atoms with van der Waals surface area (Å²) in [6.07, 6.45) is 8.92. The Morgan fingerprint density at radius 2 is 2.25 bits per heavy atom. The van der Waals surface area contributed by atoms with Gasteiger partial charge in [-0.05, 0) is 36.3 Å². The third-order valence-electron chi connectivity index (χ3n) is 4.11. The Hall–Kier alpha value is -1.55. The highest BCUT2D eigenvalue weighted by Crippen LogP contribution is 2.50. The van der Waals surface area contributed by atoms with Crippen LogP contribution < -0.4 is 0 Å². The second-order valence-corrected chi connectivity index (χ2v) is 5.05. The first-order chi connectivity index (χ1) is 7.84. The molecule has 3 rings (SSSR count). The van der Waals surface area contributed by atoms with Gasteiger partial charge in [0.15, 0.2) is 0 Å². The van der Waals surface area contributed by atoms with Crippen LogP contribution in [-0.2, 0) is 5.41 Å². The predicted molar refractivity (Wildman–Crippen MR) is 64.7 cm³/mol. The van der Waals surface area contributed by atoms with Crippen LogP contribution in [0.5, 0.6) is 0 Å². The number of rotatable bonds is 1. The maximum Gasteiger partial charge on any atom is 0.0624 e. The zero-order valence-electron chi connectivity index (χ0n) is 9.32. The second kappa shape index (κ2) is 3.49. The first kappa shape index (κ1) is 9.66. The van der Waals surface area contributed by atoms with Crippen molar-refractivity contribution >= 4 is 6.08 Å². The minimum Gasteiger partial charge on any atom is -0.198 e. The molecule has 0 aliphatic heterocycles. The van der Waals surface area contributed by atoms with E-state index in [2.05, 4.69) is 42.5 Å². The van der Waals surface area contributed by atoms with Crippen molar-refractivity contribution in [2.75, 3.05) is 0 Å². The molecule has 0 N–H and O–H groups in total. The van der Waals surface area contributed by atoms with Crippen LogP contribution in [-0.4, -0.2) is 0 Å². The molecule has 1 nitrogen and oxygen atoms in total. The molecule has 2 aliphatic rings. The quantitative estimate of drug-likeness (QED) is 0.692. The normalized spacial score (nSPS) is 30.6. The molecular formula is C15H15N. The summed E-state index contributed by atoms with van der Waals surface area (Å²) in [6, 6.07) is 11.0. The lowest BCUT2D eigenvalue weighted by Gasteiger charge is -2.23. The number of nitrogens with zero attached hydrogens (tertiary/aromatic N) is 1. The summed E-state index contributed by atoms with van der Waals surface area (Å²) >= 11 is 0. The van der Waals surface area contributed by atoms with Crippen molar-refractivity contribution in [1.82, 2.24) is 0 Å². The lowest BCUT2D eigenvalue weighted by atomic mass is 9.80. The summed E-state index contributed by atoms with van der Waals surface area (Å²) in [4.78, 5) is 0. The molecule has 2 unspecified atom stereocenters. The van der Waals surface area contributed by atoms with E-state index in [1.807, 2.05) is 0 Å². The molecule has 80 valence electrons. The molecule has 0 bridgehead atoms. The van der Waals surface area contributed by atoms with Crippen molar-refractivity contribution in [3.63, 3.8) is 0 Å². The summed E-state index contributed by atoms with van der Waals surface area (Å²) in [5.74, 6) is 0.598. The van der Waals surface area contributed by atoms with E-state index in [9.17, 15) is 0 Å². The third-order valence-corrected chi connectivity index (χ3v) is 4.11. The number of fused-ring (bicyclic) bond motifs is 2. The smallest absolute Gasteiger partial charge is 0.0624 e. The largest absolute Gasteiger partial charge is 0.198 e. The fourth-order valence-electron chi connectivity index (χ4n) is 3.32. The average molecular weight is 209 g/mol. The van der Waals surface area contributed by atoms with Crippen molar-refractivity contribution < 1.29 is 0 Å². The highest BCUT2D eigenvalue weighted by molar-refractivity contribution is 5.65. The molecule has 2 atom stereocenters.